The molecule has 0 heterocycles. The summed E-state index contributed by atoms with van der Waals surface area (Å²) in [5, 5.41) is 12.2. The maximum atomic E-state index is 12.3. The Morgan fingerprint density at radius 2 is 1.82 bits per heavy atom. The van der Waals surface area contributed by atoms with Crippen LogP contribution in [-0.4, -0.2) is 23.7 Å². The largest absolute Gasteiger partial charge is 0.396 e. The van der Waals surface area contributed by atoms with Gasteiger partial charge in [0.25, 0.3) is 0 Å². The number of carbonyl (C=O) groups excluding carboxylic acids is 1. The summed E-state index contributed by atoms with van der Waals surface area (Å²) in [4.78, 5) is 12.3. The van der Waals surface area contributed by atoms with E-state index < -0.39 is 0 Å². The molecule has 0 aromatic rings. The Balaban J connectivity index is 1.93. The van der Waals surface area contributed by atoms with E-state index in [1.54, 1.807) is 0 Å². The number of aliphatic hydroxyl groups is 1. The fourth-order valence-corrected chi connectivity index (χ4v) is 3.18. The zero-order valence-corrected chi connectivity index (χ0v) is 11.4. The number of nitrogens with one attached hydrogen (secondary N) is 1. The predicted octanol–water partition coefficient (Wildman–Crippen LogP) is 1.95. The second-order valence-electron chi connectivity index (χ2n) is 6.84. The number of carbonyl (C=O) groups is 1. The minimum Gasteiger partial charge on any atom is -0.396 e. The van der Waals surface area contributed by atoms with Crippen LogP contribution in [0.1, 0.15) is 47.0 Å². The number of aliphatic hydroxyl groups excluding tert-OH is 1. The lowest BCUT2D eigenvalue weighted by molar-refractivity contribution is -0.124. The highest BCUT2D eigenvalue weighted by molar-refractivity contribution is 5.84. The van der Waals surface area contributed by atoms with Gasteiger partial charge < -0.3 is 10.4 Å². The van der Waals surface area contributed by atoms with Gasteiger partial charge in [-0.1, -0.05) is 27.7 Å². The molecule has 1 amide bonds. The fraction of sp³-hybridized carbons (Fsp3) is 0.929. The Hall–Kier alpha value is -0.570. The maximum Gasteiger partial charge on any atom is 0.224 e. The van der Waals surface area contributed by atoms with Crippen LogP contribution in [0.4, 0.5) is 0 Å². The quantitative estimate of drug-likeness (QED) is 0.770. The zero-order valence-electron chi connectivity index (χ0n) is 11.4. The summed E-state index contributed by atoms with van der Waals surface area (Å²) in [5.41, 5.74) is 0.203. The van der Waals surface area contributed by atoms with Gasteiger partial charge in [0.2, 0.25) is 5.91 Å². The van der Waals surface area contributed by atoms with Gasteiger partial charge in [0.05, 0.1) is 0 Å². The van der Waals surface area contributed by atoms with Crippen LogP contribution >= 0.6 is 0 Å². The van der Waals surface area contributed by atoms with E-state index in [9.17, 15) is 4.79 Å². The van der Waals surface area contributed by atoms with E-state index in [1.165, 1.54) is 12.8 Å². The van der Waals surface area contributed by atoms with Crippen LogP contribution in [0.5, 0.6) is 0 Å². The van der Waals surface area contributed by atoms with Crippen LogP contribution in [0.2, 0.25) is 0 Å². The Kier molecular flexibility index (Phi) is 3.01. The summed E-state index contributed by atoms with van der Waals surface area (Å²) in [5.74, 6) is 0.913. The van der Waals surface area contributed by atoms with Crippen molar-refractivity contribution in [2.75, 3.05) is 6.61 Å². The lowest BCUT2D eigenvalue weighted by Crippen LogP contribution is -2.39. The van der Waals surface area contributed by atoms with E-state index in [1.807, 2.05) is 0 Å². The fourth-order valence-electron chi connectivity index (χ4n) is 3.18. The molecule has 1 unspecified atom stereocenters. The number of hydrogen-bond donors (Lipinski definition) is 2. The summed E-state index contributed by atoms with van der Waals surface area (Å²) >= 11 is 0. The summed E-state index contributed by atoms with van der Waals surface area (Å²) in [7, 11) is 0. The molecule has 2 N–H and O–H groups in total. The molecular formula is C14H25NO2. The molecule has 0 aromatic heterocycles. The summed E-state index contributed by atoms with van der Waals surface area (Å²) in [6.07, 6.45) is 3.09. The first-order valence-corrected chi connectivity index (χ1v) is 6.73. The van der Waals surface area contributed by atoms with Crippen LogP contribution in [0.25, 0.3) is 0 Å². The minimum atomic E-state index is 0.102. The van der Waals surface area contributed by atoms with Crippen molar-refractivity contribution in [2.24, 2.45) is 22.7 Å². The summed E-state index contributed by atoms with van der Waals surface area (Å²) in [6, 6.07) is 0.194. The molecule has 0 radical (unpaired) electrons. The molecule has 0 bridgehead atoms. The molecule has 2 aliphatic rings. The van der Waals surface area contributed by atoms with Crippen molar-refractivity contribution in [3.63, 3.8) is 0 Å². The molecule has 1 atom stereocenters. The second-order valence-corrected chi connectivity index (χ2v) is 6.84. The SMILES string of the molecule is CC1(C)C(C(=O)NC(CCO)C2CC2)C1(C)C. The highest BCUT2D eigenvalue weighted by Gasteiger charge is 2.68. The monoisotopic (exact) mass is 239 g/mol. The molecule has 0 aromatic carbocycles. The summed E-state index contributed by atoms with van der Waals surface area (Å²) in [6.45, 7) is 8.81. The van der Waals surface area contributed by atoms with Crippen molar-refractivity contribution in [3.8, 4) is 0 Å². The molecule has 2 fully saturated rings. The first-order chi connectivity index (χ1) is 7.82. The Bertz CT molecular complexity index is 304. The molecule has 17 heavy (non-hydrogen) atoms. The van der Waals surface area contributed by atoms with E-state index in [2.05, 4.69) is 33.0 Å². The Morgan fingerprint density at radius 3 is 2.18 bits per heavy atom. The van der Waals surface area contributed by atoms with E-state index in [-0.39, 0.29) is 35.3 Å². The van der Waals surface area contributed by atoms with Crippen LogP contribution in [0, 0.1) is 22.7 Å². The third-order valence-electron chi connectivity index (χ3n) is 5.24. The van der Waals surface area contributed by atoms with Gasteiger partial charge >= 0.3 is 0 Å². The molecule has 2 rings (SSSR count). The van der Waals surface area contributed by atoms with E-state index in [0.29, 0.717) is 12.3 Å². The van der Waals surface area contributed by atoms with Crippen molar-refractivity contribution in [1.29, 1.82) is 0 Å². The van der Waals surface area contributed by atoms with Crippen molar-refractivity contribution in [3.05, 3.63) is 0 Å². The molecule has 3 nitrogen and oxygen atoms in total. The third kappa shape index (κ3) is 2.10. The topological polar surface area (TPSA) is 49.3 Å². The second kappa shape index (κ2) is 3.98. The van der Waals surface area contributed by atoms with Crippen molar-refractivity contribution < 1.29 is 9.90 Å². The zero-order chi connectivity index (χ0) is 12.8. The van der Waals surface area contributed by atoms with Crippen LogP contribution in [-0.2, 0) is 4.79 Å². The van der Waals surface area contributed by atoms with Gasteiger partial charge in [0, 0.05) is 18.6 Å². The van der Waals surface area contributed by atoms with Gasteiger partial charge in [0.15, 0.2) is 0 Å². The van der Waals surface area contributed by atoms with Gasteiger partial charge in [-0.3, -0.25) is 4.79 Å². The number of rotatable bonds is 5. The predicted molar refractivity (Wildman–Crippen MR) is 67.4 cm³/mol. The lowest BCUT2D eigenvalue weighted by Gasteiger charge is -2.17. The Labute approximate surface area is 104 Å². The molecule has 0 spiro atoms. The molecular weight excluding hydrogens is 214 g/mol. The van der Waals surface area contributed by atoms with Gasteiger partial charge in [-0.15, -0.1) is 0 Å². The third-order valence-corrected chi connectivity index (χ3v) is 5.24. The van der Waals surface area contributed by atoms with Crippen molar-refractivity contribution in [1.82, 2.24) is 5.32 Å². The van der Waals surface area contributed by atoms with E-state index >= 15 is 0 Å². The highest BCUT2D eigenvalue weighted by Crippen LogP contribution is 2.68. The van der Waals surface area contributed by atoms with E-state index in [0.717, 1.165) is 0 Å². The first kappa shape index (κ1) is 12.9. The highest BCUT2D eigenvalue weighted by atomic mass is 16.3. The standard InChI is InChI=1S/C14H25NO2/c1-13(2)11(14(13,3)4)12(17)15-10(7-8-16)9-5-6-9/h9-11,16H,5-8H2,1-4H3,(H,15,17). The van der Waals surface area contributed by atoms with Crippen LogP contribution < -0.4 is 5.32 Å². The molecule has 3 heteroatoms. The molecule has 2 saturated carbocycles. The first-order valence-electron chi connectivity index (χ1n) is 6.73. The van der Waals surface area contributed by atoms with Gasteiger partial charge in [0.1, 0.15) is 0 Å². The lowest BCUT2D eigenvalue weighted by atomic mass is 10.0. The molecule has 0 aliphatic heterocycles. The molecule has 0 saturated heterocycles. The average Bonchev–Trinajstić information content (AvgIpc) is 3.04. The average molecular weight is 239 g/mol. The smallest absolute Gasteiger partial charge is 0.224 e. The molecule has 98 valence electrons. The Morgan fingerprint density at radius 1 is 1.29 bits per heavy atom. The summed E-state index contributed by atoms with van der Waals surface area (Å²) < 4.78 is 0. The van der Waals surface area contributed by atoms with Gasteiger partial charge in [-0.25, -0.2) is 0 Å². The number of hydrogen-bond acceptors (Lipinski definition) is 2. The molecule has 2 aliphatic carbocycles. The maximum absolute atomic E-state index is 12.3. The van der Waals surface area contributed by atoms with Crippen molar-refractivity contribution in [2.45, 2.75) is 53.0 Å². The van der Waals surface area contributed by atoms with E-state index in [4.69, 9.17) is 5.11 Å². The normalized spacial score (nSPS) is 27.6. The van der Waals surface area contributed by atoms with Crippen LogP contribution in [0.3, 0.4) is 0 Å². The van der Waals surface area contributed by atoms with Gasteiger partial charge in [-0.05, 0) is 36.0 Å². The van der Waals surface area contributed by atoms with Gasteiger partial charge in [-0.2, -0.15) is 0 Å². The van der Waals surface area contributed by atoms with Crippen LogP contribution in [0.15, 0.2) is 0 Å². The number of amides is 1. The van der Waals surface area contributed by atoms with Crippen molar-refractivity contribution >= 4 is 5.91 Å². The minimum absolute atomic E-state index is 0.102.